The Hall–Kier alpha value is -3.42. The van der Waals surface area contributed by atoms with E-state index in [-0.39, 0.29) is 17.2 Å². The van der Waals surface area contributed by atoms with Crippen LogP contribution in [0.2, 0.25) is 0 Å². The van der Waals surface area contributed by atoms with Gasteiger partial charge in [0.25, 0.3) is 11.6 Å². The number of rotatable bonds is 5. The van der Waals surface area contributed by atoms with E-state index in [1.165, 1.54) is 18.2 Å². The van der Waals surface area contributed by atoms with E-state index in [1.54, 1.807) is 12.1 Å². The van der Waals surface area contributed by atoms with Crippen LogP contribution < -0.4 is 10.2 Å². The normalized spacial score (nSPS) is 13.9. The quantitative estimate of drug-likeness (QED) is 0.634. The van der Waals surface area contributed by atoms with Gasteiger partial charge in [-0.25, -0.2) is 0 Å². The first-order valence-corrected chi connectivity index (χ1v) is 9.17. The number of nitro groups is 1. The molecule has 1 fully saturated rings. The molecule has 0 saturated carbocycles. The topological polar surface area (TPSA) is 95.8 Å². The Kier molecular flexibility index (Phi) is 5.88. The van der Waals surface area contributed by atoms with E-state index in [0.717, 1.165) is 5.69 Å². The number of amides is 2. The minimum atomic E-state index is -0.526. The molecule has 8 heteroatoms. The molecule has 1 N–H and O–H groups in total. The number of nitro benzene ring substituents is 1. The second-order valence-corrected chi connectivity index (χ2v) is 6.50. The number of nitrogens with zero attached hydrogens (tertiary/aromatic N) is 3. The zero-order valence-electron chi connectivity index (χ0n) is 15.6. The van der Waals surface area contributed by atoms with Crippen molar-refractivity contribution in [3.05, 3.63) is 64.2 Å². The zero-order chi connectivity index (χ0) is 20.1. The van der Waals surface area contributed by atoms with Crippen molar-refractivity contribution in [3.8, 4) is 0 Å². The minimum Gasteiger partial charge on any atom is -0.366 e. The number of carbonyl (C=O) groups excluding carboxylic acids is 2. The van der Waals surface area contributed by atoms with Gasteiger partial charge >= 0.3 is 0 Å². The number of hydrogen-bond donors (Lipinski definition) is 1. The standard InChI is InChI=1S/C20H22N4O4/c1-2-19(25)23-12-10-22(11-13-23)18-9-4-3-8-17(18)21-20(26)15-6-5-7-16(14-15)24(27)28/h3-9,14H,2,10-13H2,1H3,(H,21,26). The van der Waals surface area contributed by atoms with Crippen LogP contribution in [0.25, 0.3) is 0 Å². The highest BCUT2D eigenvalue weighted by atomic mass is 16.6. The minimum absolute atomic E-state index is 0.127. The Labute approximate surface area is 162 Å². The van der Waals surface area contributed by atoms with Gasteiger partial charge in [-0.2, -0.15) is 0 Å². The maximum atomic E-state index is 12.6. The lowest BCUT2D eigenvalue weighted by molar-refractivity contribution is -0.384. The van der Waals surface area contributed by atoms with Crippen LogP contribution in [0.15, 0.2) is 48.5 Å². The summed E-state index contributed by atoms with van der Waals surface area (Å²) < 4.78 is 0. The molecule has 28 heavy (non-hydrogen) atoms. The summed E-state index contributed by atoms with van der Waals surface area (Å²) in [4.78, 5) is 38.8. The molecule has 1 aliphatic rings. The SMILES string of the molecule is CCC(=O)N1CCN(c2ccccc2NC(=O)c2cccc([N+](=O)[O-])c2)CC1. The summed E-state index contributed by atoms with van der Waals surface area (Å²) in [6.45, 7) is 4.48. The van der Waals surface area contributed by atoms with Crippen LogP contribution in [-0.4, -0.2) is 47.8 Å². The summed E-state index contributed by atoms with van der Waals surface area (Å²) in [6, 6.07) is 13.1. The Morgan fingerprint density at radius 1 is 1.07 bits per heavy atom. The number of non-ortho nitro benzene ring substituents is 1. The molecular weight excluding hydrogens is 360 g/mol. The number of para-hydroxylation sites is 2. The molecule has 0 spiro atoms. The largest absolute Gasteiger partial charge is 0.366 e. The lowest BCUT2D eigenvalue weighted by atomic mass is 10.1. The van der Waals surface area contributed by atoms with Crippen LogP contribution in [0.1, 0.15) is 23.7 Å². The molecule has 0 aromatic heterocycles. The van der Waals surface area contributed by atoms with Crippen LogP contribution in [0, 0.1) is 10.1 Å². The van der Waals surface area contributed by atoms with Gasteiger partial charge in [-0.1, -0.05) is 25.1 Å². The third-order valence-corrected chi connectivity index (χ3v) is 4.75. The summed E-state index contributed by atoms with van der Waals surface area (Å²) in [6.07, 6.45) is 0.496. The molecule has 0 aliphatic carbocycles. The number of piperazine rings is 1. The van der Waals surface area contributed by atoms with Crippen molar-refractivity contribution >= 4 is 28.9 Å². The van der Waals surface area contributed by atoms with E-state index in [4.69, 9.17) is 0 Å². The number of nitrogens with one attached hydrogen (secondary N) is 1. The smallest absolute Gasteiger partial charge is 0.270 e. The van der Waals surface area contributed by atoms with Gasteiger partial charge in [-0.05, 0) is 18.2 Å². The first-order valence-electron chi connectivity index (χ1n) is 9.17. The number of benzene rings is 2. The maximum Gasteiger partial charge on any atom is 0.270 e. The molecular formula is C20H22N4O4. The Morgan fingerprint density at radius 2 is 1.79 bits per heavy atom. The van der Waals surface area contributed by atoms with Gasteiger partial charge in [0.15, 0.2) is 0 Å². The summed E-state index contributed by atoms with van der Waals surface area (Å²) in [5.74, 6) is -0.261. The van der Waals surface area contributed by atoms with E-state index >= 15 is 0 Å². The van der Waals surface area contributed by atoms with Crippen molar-refractivity contribution in [1.82, 2.24) is 4.90 Å². The monoisotopic (exact) mass is 382 g/mol. The van der Waals surface area contributed by atoms with E-state index in [0.29, 0.717) is 38.3 Å². The van der Waals surface area contributed by atoms with E-state index in [1.807, 2.05) is 30.0 Å². The lowest BCUT2D eigenvalue weighted by Gasteiger charge is -2.36. The molecule has 146 valence electrons. The van der Waals surface area contributed by atoms with E-state index in [2.05, 4.69) is 10.2 Å². The van der Waals surface area contributed by atoms with Crippen molar-refractivity contribution in [2.75, 3.05) is 36.4 Å². The number of anilines is 2. The molecule has 3 rings (SSSR count). The van der Waals surface area contributed by atoms with E-state index in [9.17, 15) is 19.7 Å². The second-order valence-electron chi connectivity index (χ2n) is 6.50. The van der Waals surface area contributed by atoms with Crippen molar-refractivity contribution in [2.24, 2.45) is 0 Å². The summed E-state index contributed by atoms with van der Waals surface area (Å²) in [7, 11) is 0. The van der Waals surface area contributed by atoms with Gasteiger partial charge in [0.2, 0.25) is 5.91 Å². The average Bonchev–Trinajstić information content (AvgIpc) is 2.73. The highest BCUT2D eigenvalue weighted by Crippen LogP contribution is 2.27. The van der Waals surface area contributed by atoms with Crippen LogP contribution in [0.5, 0.6) is 0 Å². The van der Waals surface area contributed by atoms with Gasteiger partial charge in [-0.3, -0.25) is 19.7 Å². The molecule has 0 atom stereocenters. The summed E-state index contributed by atoms with van der Waals surface area (Å²) in [5, 5.41) is 13.8. The van der Waals surface area contributed by atoms with Crippen LogP contribution in [0.4, 0.5) is 17.1 Å². The third kappa shape index (κ3) is 4.28. The van der Waals surface area contributed by atoms with E-state index < -0.39 is 10.8 Å². The first kappa shape index (κ1) is 19.3. The summed E-state index contributed by atoms with van der Waals surface area (Å²) >= 11 is 0. The van der Waals surface area contributed by atoms with Gasteiger partial charge in [-0.15, -0.1) is 0 Å². The predicted octanol–water partition coefficient (Wildman–Crippen LogP) is 2.91. The number of hydrogen-bond acceptors (Lipinski definition) is 5. The van der Waals surface area contributed by atoms with Crippen molar-refractivity contribution in [1.29, 1.82) is 0 Å². The molecule has 1 saturated heterocycles. The second kappa shape index (κ2) is 8.51. The molecule has 0 bridgehead atoms. The molecule has 2 amide bonds. The predicted molar refractivity (Wildman–Crippen MR) is 107 cm³/mol. The van der Waals surface area contributed by atoms with Crippen LogP contribution in [0.3, 0.4) is 0 Å². The molecule has 2 aromatic rings. The van der Waals surface area contributed by atoms with Crippen LogP contribution in [-0.2, 0) is 4.79 Å². The Balaban J connectivity index is 1.74. The molecule has 0 unspecified atom stereocenters. The van der Waals surface area contributed by atoms with Gasteiger partial charge in [0.1, 0.15) is 0 Å². The average molecular weight is 382 g/mol. The molecule has 8 nitrogen and oxygen atoms in total. The Morgan fingerprint density at radius 3 is 2.46 bits per heavy atom. The molecule has 1 heterocycles. The molecule has 1 aliphatic heterocycles. The Bertz CT molecular complexity index is 891. The number of carbonyl (C=O) groups is 2. The van der Waals surface area contributed by atoms with Gasteiger partial charge in [0, 0.05) is 50.3 Å². The third-order valence-electron chi connectivity index (χ3n) is 4.75. The fourth-order valence-corrected chi connectivity index (χ4v) is 3.23. The highest BCUT2D eigenvalue weighted by molar-refractivity contribution is 6.06. The fraction of sp³-hybridized carbons (Fsp3) is 0.300. The lowest BCUT2D eigenvalue weighted by Crippen LogP contribution is -2.48. The van der Waals surface area contributed by atoms with Crippen molar-refractivity contribution < 1.29 is 14.5 Å². The summed E-state index contributed by atoms with van der Waals surface area (Å²) in [5.41, 5.74) is 1.60. The van der Waals surface area contributed by atoms with Gasteiger partial charge < -0.3 is 15.1 Å². The first-order chi connectivity index (χ1) is 13.5. The highest BCUT2D eigenvalue weighted by Gasteiger charge is 2.22. The van der Waals surface area contributed by atoms with Crippen LogP contribution >= 0.6 is 0 Å². The maximum absolute atomic E-state index is 12.6. The van der Waals surface area contributed by atoms with Gasteiger partial charge in [0.05, 0.1) is 16.3 Å². The molecule has 0 radical (unpaired) electrons. The zero-order valence-corrected chi connectivity index (χ0v) is 15.6. The fourth-order valence-electron chi connectivity index (χ4n) is 3.23. The van der Waals surface area contributed by atoms with Crippen molar-refractivity contribution in [2.45, 2.75) is 13.3 Å². The van der Waals surface area contributed by atoms with Crippen molar-refractivity contribution in [3.63, 3.8) is 0 Å². The molecule has 2 aromatic carbocycles.